The molecule has 0 spiro atoms. The van der Waals surface area contributed by atoms with Crippen molar-refractivity contribution in [1.82, 2.24) is 9.80 Å². The van der Waals surface area contributed by atoms with Crippen molar-refractivity contribution >= 4 is 44.7 Å². The lowest BCUT2D eigenvalue weighted by atomic mass is 10.1. The molecule has 1 aromatic rings. The van der Waals surface area contributed by atoms with Crippen molar-refractivity contribution in [2.45, 2.75) is 13.5 Å². The third-order valence-electron chi connectivity index (χ3n) is 3.72. The van der Waals surface area contributed by atoms with Crippen molar-refractivity contribution in [2.24, 2.45) is 4.40 Å². The smallest absolute Gasteiger partial charge is 0.256 e. The first kappa shape index (κ1) is 17.2. The number of amidine groups is 1. The molecule has 0 saturated carbocycles. The van der Waals surface area contributed by atoms with Gasteiger partial charge in [-0.15, -0.1) is 15.7 Å². The molecule has 0 aliphatic carbocycles. The maximum absolute atomic E-state index is 12.7. The summed E-state index contributed by atoms with van der Waals surface area (Å²) in [4.78, 5) is 17.2. The molecular weight excluding hydrogens is 370 g/mol. The zero-order chi connectivity index (χ0) is 17.3. The molecule has 0 bridgehead atoms. The molecule has 0 N–H and O–H groups in total. The summed E-state index contributed by atoms with van der Waals surface area (Å²) < 4.78 is 27.5. The first-order chi connectivity index (χ1) is 11.4. The van der Waals surface area contributed by atoms with Gasteiger partial charge in [-0.25, -0.2) is 8.42 Å². The molecule has 2 aliphatic rings. The summed E-state index contributed by atoms with van der Waals surface area (Å²) in [6.45, 7) is 3.28. The van der Waals surface area contributed by atoms with Gasteiger partial charge in [0.05, 0.1) is 22.2 Å². The molecule has 6 nitrogen and oxygen atoms in total. The quantitative estimate of drug-likeness (QED) is 0.797. The number of carbonyl (C=O) groups excluding carboxylic acids is 1. The number of hydrogen-bond donors (Lipinski definition) is 0. The Balaban J connectivity index is 1.77. The second-order valence-corrected chi connectivity index (χ2v) is 8.93. The van der Waals surface area contributed by atoms with Gasteiger partial charge in [0.1, 0.15) is 5.84 Å². The van der Waals surface area contributed by atoms with Gasteiger partial charge in [0.25, 0.3) is 15.9 Å². The predicted octanol–water partition coefficient (Wildman–Crippen LogP) is 2.25. The first-order valence-electron chi connectivity index (χ1n) is 7.40. The van der Waals surface area contributed by atoms with E-state index in [2.05, 4.69) is 4.40 Å². The van der Waals surface area contributed by atoms with Crippen molar-refractivity contribution in [2.75, 3.05) is 18.8 Å². The van der Waals surface area contributed by atoms with E-state index in [0.717, 1.165) is 4.88 Å². The van der Waals surface area contributed by atoms with Crippen LogP contribution in [0.2, 0.25) is 4.34 Å². The maximum Gasteiger partial charge on any atom is 0.256 e. The molecule has 2 aliphatic heterocycles. The fraction of sp³-hybridized carbons (Fsp3) is 0.333. The van der Waals surface area contributed by atoms with Crippen molar-refractivity contribution in [3.8, 4) is 0 Å². The Bertz CT molecular complexity index is 855. The summed E-state index contributed by atoms with van der Waals surface area (Å²) in [5.41, 5.74) is 0.512. The van der Waals surface area contributed by atoms with Crippen LogP contribution >= 0.6 is 22.9 Å². The number of rotatable bonds is 4. The summed E-state index contributed by atoms with van der Waals surface area (Å²) in [5, 5.41) is 0. The van der Waals surface area contributed by atoms with Crippen molar-refractivity contribution < 1.29 is 13.2 Å². The van der Waals surface area contributed by atoms with Crippen molar-refractivity contribution in [1.29, 1.82) is 0 Å². The summed E-state index contributed by atoms with van der Waals surface area (Å²) in [6, 6.07) is 3.73. The molecule has 3 heterocycles. The molecule has 0 radical (unpaired) electrons. The van der Waals surface area contributed by atoms with Crippen LogP contribution in [-0.2, 0) is 21.4 Å². The van der Waals surface area contributed by atoms with Crippen LogP contribution in [0.15, 0.2) is 40.5 Å². The Hall–Kier alpha value is -1.64. The van der Waals surface area contributed by atoms with E-state index in [-0.39, 0.29) is 11.7 Å². The molecule has 1 aromatic heterocycles. The Morgan fingerprint density at radius 2 is 2.21 bits per heavy atom. The van der Waals surface area contributed by atoms with Gasteiger partial charge in [-0.1, -0.05) is 11.6 Å². The van der Waals surface area contributed by atoms with Crippen LogP contribution < -0.4 is 0 Å². The lowest BCUT2D eigenvalue weighted by Gasteiger charge is -2.28. The number of nitrogens with zero attached hydrogens (tertiary/aromatic N) is 3. The SMILES string of the molecule is CCN(Cc1ccc(Cl)s1)C(=O)C1=CN2CCS(=O)(=O)N=C2C=C1. The molecule has 0 atom stereocenters. The second kappa shape index (κ2) is 6.70. The highest BCUT2D eigenvalue weighted by molar-refractivity contribution is 7.90. The Morgan fingerprint density at radius 3 is 2.88 bits per heavy atom. The van der Waals surface area contributed by atoms with Crippen molar-refractivity contribution in [3.63, 3.8) is 0 Å². The number of sulfonamides is 1. The Kier molecular flexibility index (Phi) is 4.80. The monoisotopic (exact) mass is 385 g/mol. The molecule has 0 aromatic carbocycles. The van der Waals surface area contributed by atoms with Crippen LogP contribution in [0.3, 0.4) is 0 Å². The van der Waals surface area contributed by atoms with E-state index in [0.29, 0.717) is 35.4 Å². The molecular formula is C15H16ClN3O3S2. The van der Waals surface area contributed by atoms with Crippen LogP contribution in [0.1, 0.15) is 11.8 Å². The lowest BCUT2D eigenvalue weighted by molar-refractivity contribution is -0.127. The molecule has 24 heavy (non-hydrogen) atoms. The Labute approximate surface area is 149 Å². The number of hydrogen-bond acceptors (Lipinski definition) is 5. The molecule has 0 fully saturated rings. The van der Waals surface area contributed by atoms with E-state index < -0.39 is 10.0 Å². The third kappa shape index (κ3) is 3.71. The minimum atomic E-state index is -3.39. The van der Waals surface area contributed by atoms with Crippen molar-refractivity contribution in [3.05, 3.63) is 45.3 Å². The molecule has 1 amide bonds. The van der Waals surface area contributed by atoms with E-state index >= 15 is 0 Å². The van der Waals surface area contributed by atoms with Gasteiger partial charge in [-0.05, 0) is 31.2 Å². The fourth-order valence-electron chi connectivity index (χ4n) is 2.46. The standard InChI is InChI=1S/C15H16ClN3O3S2/c1-2-18(10-12-4-5-13(16)23-12)15(20)11-3-6-14-17-24(21,22)8-7-19(14)9-11/h3-6,9H,2,7-8,10H2,1H3. The minimum Gasteiger partial charge on any atom is -0.334 e. The third-order valence-corrected chi connectivity index (χ3v) is 6.09. The first-order valence-corrected chi connectivity index (χ1v) is 10.2. The van der Waals surface area contributed by atoms with Gasteiger partial charge in [0, 0.05) is 24.2 Å². The number of fused-ring (bicyclic) bond motifs is 1. The summed E-state index contributed by atoms with van der Waals surface area (Å²) >= 11 is 7.39. The second-order valence-electron chi connectivity index (χ2n) is 5.37. The fourth-order valence-corrected chi connectivity index (χ4v) is 4.53. The average molecular weight is 386 g/mol. The normalized spacial score (nSPS) is 18.7. The number of thiophene rings is 1. The van der Waals surface area contributed by atoms with Crippen LogP contribution in [0.5, 0.6) is 0 Å². The molecule has 128 valence electrons. The average Bonchev–Trinajstić information content (AvgIpc) is 2.96. The number of likely N-dealkylation sites (N-methyl/N-ethyl adjacent to an activating group) is 1. The summed E-state index contributed by atoms with van der Waals surface area (Å²) in [6.07, 6.45) is 4.85. The van der Waals surface area contributed by atoms with Gasteiger partial charge >= 0.3 is 0 Å². The predicted molar refractivity (Wildman–Crippen MR) is 95.6 cm³/mol. The largest absolute Gasteiger partial charge is 0.334 e. The highest BCUT2D eigenvalue weighted by Gasteiger charge is 2.26. The number of amides is 1. The summed E-state index contributed by atoms with van der Waals surface area (Å²) in [5.74, 6) is 0.199. The zero-order valence-corrected chi connectivity index (χ0v) is 15.4. The topological polar surface area (TPSA) is 70.1 Å². The minimum absolute atomic E-state index is 0.0481. The molecule has 0 saturated heterocycles. The van der Waals surface area contributed by atoms with Gasteiger partial charge < -0.3 is 9.80 Å². The van der Waals surface area contributed by atoms with Crippen LogP contribution in [0, 0.1) is 0 Å². The van der Waals surface area contributed by atoms with Crippen LogP contribution in [0.4, 0.5) is 0 Å². The van der Waals surface area contributed by atoms with E-state index in [1.54, 1.807) is 28.2 Å². The van der Waals surface area contributed by atoms with E-state index in [1.165, 1.54) is 11.3 Å². The highest BCUT2D eigenvalue weighted by Crippen LogP contribution is 2.24. The highest BCUT2D eigenvalue weighted by atomic mass is 35.5. The zero-order valence-electron chi connectivity index (χ0n) is 13.0. The van der Waals surface area contributed by atoms with E-state index in [4.69, 9.17) is 11.6 Å². The Morgan fingerprint density at radius 1 is 1.42 bits per heavy atom. The summed E-state index contributed by atoms with van der Waals surface area (Å²) in [7, 11) is -3.39. The number of halogens is 1. The van der Waals surface area contributed by atoms with Gasteiger partial charge in [-0.3, -0.25) is 4.79 Å². The van der Waals surface area contributed by atoms with E-state index in [1.807, 2.05) is 19.1 Å². The molecule has 0 unspecified atom stereocenters. The molecule has 3 rings (SSSR count). The van der Waals surface area contributed by atoms with Gasteiger partial charge in [0.15, 0.2) is 0 Å². The van der Waals surface area contributed by atoms with Gasteiger partial charge in [0.2, 0.25) is 0 Å². The number of carbonyl (C=O) groups is 1. The maximum atomic E-state index is 12.7. The van der Waals surface area contributed by atoms with Gasteiger partial charge in [-0.2, -0.15) is 0 Å². The van der Waals surface area contributed by atoms with E-state index in [9.17, 15) is 13.2 Å². The van der Waals surface area contributed by atoms with Crippen LogP contribution in [0.25, 0.3) is 0 Å². The lowest BCUT2D eigenvalue weighted by Crippen LogP contribution is -2.38. The molecule has 9 heteroatoms. The van der Waals surface area contributed by atoms with Crippen LogP contribution in [-0.4, -0.2) is 48.8 Å².